The number of anilines is 2. The summed E-state index contributed by atoms with van der Waals surface area (Å²) in [5.41, 5.74) is 0.00527. The van der Waals surface area contributed by atoms with Crippen LogP contribution in [0.5, 0.6) is 0 Å². The fourth-order valence-corrected chi connectivity index (χ4v) is 4.98. The van der Waals surface area contributed by atoms with Gasteiger partial charge in [0.2, 0.25) is 11.8 Å². The number of thioether (sulfide) groups is 1. The van der Waals surface area contributed by atoms with E-state index in [9.17, 15) is 10.1 Å². The molecule has 3 heterocycles. The van der Waals surface area contributed by atoms with E-state index < -0.39 is 4.92 Å². The third kappa shape index (κ3) is 3.86. The van der Waals surface area contributed by atoms with Gasteiger partial charge in [0.05, 0.1) is 18.1 Å². The molecule has 0 amide bonds. The lowest BCUT2D eigenvalue weighted by molar-refractivity contribution is -0.384. The van der Waals surface area contributed by atoms with Gasteiger partial charge >= 0.3 is 5.69 Å². The molecule has 142 valence electrons. The second-order valence-corrected chi connectivity index (χ2v) is 8.19. The highest BCUT2D eigenvalue weighted by Gasteiger charge is 2.40. The SMILES string of the molecule is O=[N+]([O-])c1cnc(NCC2(N3CCOCC3)CCSC2)nc1NC1CC1. The second kappa shape index (κ2) is 7.53. The summed E-state index contributed by atoms with van der Waals surface area (Å²) < 4.78 is 5.50. The number of ether oxygens (including phenoxy) is 1. The molecular weight excluding hydrogens is 356 g/mol. The van der Waals surface area contributed by atoms with Gasteiger partial charge in [-0.1, -0.05) is 0 Å². The smallest absolute Gasteiger partial charge is 0.329 e. The Morgan fingerprint density at radius 2 is 2.23 bits per heavy atom. The van der Waals surface area contributed by atoms with E-state index in [1.807, 2.05) is 11.8 Å². The van der Waals surface area contributed by atoms with Crippen LogP contribution in [0.4, 0.5) is 17.5 Å². The molecule has 1 unspecified atom stereocenters. The minimum atomic E-state index is -0.433. The van der Waals surface area contributed by atoms with Gasteiger partial charge in [-0.2, -0.15) is 16.7 Å². The average Bonchev–Trinajstić information content (AvgIpc) is 3.34. The summed E-state index contributed by atoms with van der Waals surface area (Å²) in [5, 5.41) is 17.7. The highest BCUT2D eigenvalue weighted by Crippen LogP contribution is 2.35. The molecule has 3 aliphatic rings. The van der Waals surface area contributed by atoms with Gasteiger partial charge < -0.3 is 15.4 Å². The molecule has 0 radical (unpaired) electrons. The number of morpholine rings is 1. The normalized spacial score (nSPS) is 26.6. The zero-order valence-electron chi connectivity index (χ0n) is 14.6. The monoisotopic (exact) mass is 380 g/mol. The number of hydrogen-bond acceptors (Lipinski definition) is 9. The van der Waals surface area contributed by atoms with E-state index >= 15 is 0 Å². The molecule has 3 fully saturated rings. The van der Waals surface area contributed by atoms with Crippen LogP contribution in [0.1, 0.15) is 19.3 Å². The maximum Gasteiger partial charge on any atom is 0.329 e. The van der Waals surface area contributed by atoms with Crippen LogP contribution >= 0.6 is 11.8 Å². The van der Waals surface area contributed by atoms with E-state index in [0.717, 1.165) is 63.6 Å². The zero-order chi connectivity index (χ0) is 18.0. The summed E-state index contributed by atoms with van der Waals surface area (Å²) in [6.07, 6.45) is 4.47. The fourth-order valence-electron chi connectivity index (χ4n) is 3.50. The molecule has 1 saturated carbocycles. The summed E-state index contributed by atoms with van der Waals surface area (Å²) in [5.74, 6) is 2.98. The van der Waals surface area contributed by atoms with Crippen LogP contribution in [0, 0.1) is 10.1 Å². The van der Waals surface area contributed by atoms with Crippen LogP contribution in [-0.2, 0) is 4.74 Å². The molecule has 2 N–H and O–H groups in total. The van der Waals surface area contributed by atoms with Gasteiger partial charge in [-0.3, -0.25) is 15.0 Å². The molecule has 1 aliphatic carbocycles. The van der Waals surface area contributed by atoms with Gasteiger partial charge in [0, 0.05) is 37.0 Å². The Bertz CT molecular complexity index is 659. The lowest BCUT2D eigenvalue weighted by Gasteiger charge is -2.43. The summed E-state index contributed by atoms with van der Waals surface area (Å²) in [6.45, 7) is 4.17. The van der Waals surface area contributed by atoms with E-state index in [1.54, 1.807) is 0 Å². The zero-order valence-corrected chi connectivity index (χ0v) is 15.5. The van der Waals surface area contributed by atoms with Crippen molar-refractivity contribution in [1.82, 2.24) is 14.9 Å². The van der Waals surface area contributed by atoms with Gasteiger partial charge in [0.1, 0.15) is 6.20 Å². The molecule has 2 saturated heterocycles. The third-order valence-corrected chi connectivity index (χ3v) is 6.46. The number of nitro groups is 1. The lowest BCUT2D eigenvalue weighted by atomic mass is 9.95. The quantitative estimate of drug-likeness (QED) is 0.538. The summed E-state index contributed by atoms with van der Waals surface area (Å²) >= 11 is 1.97. The first kappa shape index (κ1) is 17.7. The van der Waals surface area contributed by atoms with Crippen LogP contribution in [0.15, 0.2) is 6.20 Å². The highest BCUT2D eigenvalue weighted by atomic mass is 32.2. The number of rotatable bonds is 7. The molecule has 1 atom stereocenters. The predicted molar refractivity (Wildman–Crippen MR) is 101 cm³/mol. The van der Waals surface area contributed by atoms with Crippen LogP contribution < -0.4 is 10.6 Å². The van der Waals surface area contributed by atoms with Crippen molar-refractivity contribution in [2.75, 3.05) is 55.0 Å². The van der Waals surface area contributed by atoms with Crippen molar-refractivity contribution in [3.05, 3.63) is 16.3 Å². The maximum absolute atomic E-state index is 11.2. The molecule has 1 aromatic heterocycles. The van der Waals surface area contributed by atoms with Gasteiger partial charge in [0.25, 0.3) is 0 Å². The van der Waals surface area contributed by atoms with E-state index in [4.69, 9.17) is 4.74 Å². The molecule has 0 bridgehead atoms. The highest BCUT2D eigenvalue weighted by molar-refractivity contribution is 7.99. The minimum absolute atomic E-state index is 0.0678. The Hall–Kier alpha value is -1.65. The van der Waals surface area contributed by atoms with Crippen molar-refractivity contribution in [3.8, 4) is 0 Å². The van der Waals surface area contributed by atoms with Crippen molar-refractivity contribution in [2.24, 2.45) is 0 Å². The van der Waals surface area contributed by atoms with E-state index in [0.29, 0.717) is 17.8 Å². The first-order valence-electron chi connectivity index (χ1n) is 9.09. The first-order valence-corrected chi connectivity index (χ1v) is 10.2. The Morgan fingerprint density at radius 1 is 1.42 bits per heavy atom. The van der Waals surface area contributed by atoms with Gasteiger partial charge in [-0.15, -0.1) is 0 Å². The minimum Gasteiger partial charge on any atom is -0.379 e. The van der Waals surface area contributed by atoms with Crippen LogP contribution in [0.3, 0.4) is 0 Å². The maximum atomic E-state index is 11.2. The van der Waals surface area contributed by atoms with Crippen LogP contribution in [0.2, 0.25) is 0 Å². The standard InChI is InChI=1S/C16H24N6O3S/c23-22(24)13-9-17-15(20-14(13)19-12-1-2-12)18-10-16(3-8-26-11-16)21-4-6-25-7-5-21/h9,12H,1-8,10-11H2,(H2,17,18,19,20). The predicted octanol–water partition coefficient (Wildman–Crippen LogP) is 1.58. The number of nitrogens with zero attached hydrogens (tertiary/aromatic N) is 4. The van der Waals surface area contributed by atoms with E-state index in [2.05, 4.69) is 25.5 Å². The molecule has 9 nitrogen and oxygen atoms in total. The van der Waals surface area contributed by atoms with Crippen molar-refractivity contribution in [3.63, 3.8) is 0 Å². The Balaban J connectivity index is 1.47. The van der Waals surface area contributed by atoms with Crippen LogP contribution in [0.25, 0.3) is 0 Å². The molecule has 0 spiro atoms. The fraction of sp³-hybridized carbons (Fsp3) is 0.750. The Kier molecular flexibility index (Phi) is 5.14. The number of aromatic nitrogens is 2. The molecule has 26 heavy (non-hydrogen) atoms. The number of nitrogens with one attached hydrogen (secondary N) is 2. The molecule has 2 aliphatic heterocycles. The molecule has 1 aromatic rings. The lowest BCUT2D eigenvalue weighted by Crippen LogP contribution is -2.57. The summed E-state index contributed by atoms with van der Waals surface area (Å²) in [7, 11) is 0. The Morgan fingerprint density at radius 3 is 2.88 bits per heavy atom. The van der Waals surface area contributed by atoms with Gasteiger partial charge in [-0.25, -0.2) is 4.98 Å². The summed E-state index contributed by atoms with van der Waals surface area (Å²) in [4.78, 5) is 21.8. The van der Waals surface area contributed by atoms with Gasteiger partial charge in [-0.05, 0) is 25.0 Å². The largest absolute Gasteiger partial charge is 0.379 e. The average molecular weight is 380 g/mol. The third-order valence-electron chi connectivity index (χ3n) is 5.22. The van der Waals surface area contributed by atoms with Crippen molar-refractivity contribution in [1.29, 1.82) is 0 Å². The first-order chi connectivity index (χ1) is 12.7. The second-order valence-electron chi connectivity index (χ2n) is 7.08. The Labute approximate surface area is 156 Å². The number of hydrogen-bond donors (Lipinski definition) is 2. The van der Waals surface area contributed by atoms with E-state index in [1.165, 1.54) is 6.20 Å². The topological polar surface area (TPSA) is 105 Å². The molecular formula is C16H24N6O3S. The summed E-state index contributed by atoms with van der Waals surface area (Å²) in [6, 6.07) is 0.294. The van der Waals surface area contributed by atoms with Crippen LogP contribution in [-0.4, -0.2) is 75.7 Å². The van der Waals surface area contributed by atoms with Gasteiger partial charge in [0.15, 0.2) is 0 Å². The molecule has 10 heteroatoms. The molecule has 4 rings (SSSR count). The van der Waals surface area contributed by atoms with E-state index in [-0.39, 0.29) is 11.2 Å². The van der Waals surface area contributed by atoms with Crippen molar-refractivity contribution in [2.45, 2.75) is 30.8 Å². The van der Waals surface area contributed by atoms with Crippen molar-refractivity contribution < 1.29 is 9.66 Å². The van der Waals surface area contributed by atoms with Crippen molar-refractivity contribution >= 4 is 29.2 Å². The molecule has 0 aromatic carbocycles.